The summed E-state index contributed by atoms with van der Waals surface area (Å²) in [6.07, 6.45) is 1.67. The van der Waals surface area contributed by atoms with Crippen LogP contribution in [0.15, 0.2) is 48.7 Å². The Hall–Kier alpha value is -2.39. The van der Waals surface area contributed by atoms with Crippen molar-refractivity contribution in [2.45, 2.75) is 19.9 Å². The number of benzene rings is 2. The zero-order valence-corrected chi connectivity index (χ0v) is 19.3. The van der Waals surface area contributed by atoms with E-state index in [0.29, 0.717) is 22.7 Å². The van der Waals surface area contributed by atoms with Gasteiger partial charge in [0.2, 0.25) is 0 Å². The average molecular weight is 516 g/mol. The third kappa shape index (κ3) is 4.37. The van der Waals surface area contributed by atoms with Crippen molar-refractivity contribution >= 4 is 51.4 Å². The van der Waals surface area contributed by atoms with E-state index in [4.69, 9.17) is 0 Å². The summed E-state index contributed by atoms with van der Waals surface area (Å²) >= 11 is 2.18. The van der Waals surface area contributed by atoms with Crippen molar-refractivity contribution < 1.29 is 9.59 Å². The van der Waals surface area contributed by atoms with Crippen LogP contribution in [0.3, 0.4) is 0 Å². The molecule has 1 saturated heterocycles. The van der Waals surface area contributed by atoms with Crippen LogP contribution in [-0.2, 0) is 4.79 Å². The molecule has 0 atom stereocenters. The van der Waals surface area contributed by atoms with E-state index in [1.54, 1.807) is 12.3 Å². The summed E-state index contributed by atoms with van der Waals surface area (Å²) in [7, 11) is 0. The Morgan fingerprint density at radius 2 is 1.67 bits per heavy atom. The number of hydrogen-bond donors (Lipinski definition) is 2. The fraction of sp³-hybridized carbons (Fsp3) is 0.304. The number of rotatable bonds is 4. The molecule has 2 amide bonds. The van der Waals surface area contributed by atoms with E-state index in [9.17, 15) is 9.59 Å². The number of halogens is 1. The third-order valence-corrected chi connectivity index (χ3v) is 6.32. The van der Waals surface area contributed by atoms with E-state index in [1.807, 2.05) is 24.3 Å². The van der Waals surface area contributed by atoms with E-state index >= 15 is 0 Å². The van der Waals surface area contributed by atoms with Gasteiger partial charge in [0.15, 0.2) is 0 Å². The molecule has 0 unspecified atom stereocenters. The number of imide groups is 1. The van der Waals surface area contributed by atoms with E-state index in [-0.39, 0.29) is 11.8 Å². The molecular formula is C23H25IN4O2. The van der Waals surface area contributed by atoms with Crippen molar-refractivity contribution in [3.05, 3.63) is 63.4 Å². The van der Waals surface area contributed by atoms with E-state index in [2.05, 4.69) is 69.0 Å². The molecule has 0 aromatic heterocycles. The molecule has 0 spiro atoms. The molecule has 6 nitrogen and oxygen atoms in total. The first-order valence-electron chi connectivity index (χ1n) is 10.1. The van der Waals surface area contributed by atoms with Crippen LogP contribution in [0.5, 0.6) is 0 Å². The van der Waals surface area contributed by atoms with Gasteiger partial charge >= 0.3 is 0 Å². The number of hydrogen-bond acceptors (Lipinski definition) is 5. The maximum absolute atomic E-state index is 12.4. The van der Waals surface area contributed by atoms with Gasteiger partial charge in [0, 0.05) is 64.5 Å². The molecule has 7 heteroatoms. The first-order valence-corrected chi connectivity index (χ1v) is 11.2. The normalized spacial score (nSPS) is 18.5. The fourth-order valence-corrected chi connectivity index (χ4v) is 4.35. The lowest BCUT2D eigenvalue weighted by molar-refractivity contribution is -0.114. The second kappa shape index (κ2) is 8.77. The van der Waals surface area contributed by atoms with Crippen molar-refractivity contribution in [3.63, 3.8) is 0 Å². The molecule has 2 heterocycles. The smallest absolute Gasteiger partial charge is 0.260 e. The fourth-order valence-electron chi connectivity index (χ4n) is 3.86. The predicted octanol–water partition coefficient (Wildman–Crippen LogP) is 3.54. The van der Waals surface area contributed by atoms with Gasteiger partial charge in [-0.1, -0.05) is 0 Å². The number of nitrogens with zero attached hydrogens (tertiary/aromatic N) is 2. The predicted molar refractivity (Wildman–Crippen MR) is 129 cm³/mol. The second-order valence-corrected chi connectivity index (χ2v) is 9.08. The molecule has 2 aromatic carbocycles. The van der Waals surface area contributed by atoms with Crippen LogP contribution < -0.4 is 15.5 Å². The van der Waals surface area contributed by atoms with Crippen molar-refractivity contribution in [3.8, 4) is 0 Å². The summed E-state index contributed by atoms with van der Waals surface area (Å²) in [6, 6.07) is 14.3. The van der Waals surface area contributed by atoms with Crippen LogP contribution in [0.25, 0.3) is 5.57 Å². The Kier molecular flexibility index (Phi) is 6.10. The molecule has 0 aliphatic carbocycles. The van der Waals surface area contributed by atoms with Crippen LogP contribution in [0, 0.1) is 3.57 Å². The first kappa shape index (κ1) is 20.9. The number of piperazine rings is 1. The molecule has 2 aliphatic rings. The Balaban J connectivity index is 1.47. The Morgan fingerprint density at radius 3 is 2.33 bits per heavy atom. The van der Waals surface area contributed by atoms with Gasteiger partial charge in [-0.15, -0.1) is 0 Å². The number of carbonyl (C=O) groups is 2. The number of anilines is 2. The minimum Gasteiger partial charge on any atom is -0.369 e. The SMILES string of the molecule is CC(C)N1CCN(c2ccc(N/C=C3\C(=O)NC(=O)c4ccc(I)cc43)cc2)CC1. The van der Waals surface area contributed by atoms with E-state index < -0.39 is 0 Å². The molecule has 2 N–H and O–H groups in total. The quantitative estimate of drug-likeness (QED) is 0.370. The first-order chi connectivity index (χ1) is 14.4. The molecule has 0 saturated carbocycles. The topological polar surface area (TPSA) is 64.7 Å². The molecule has 2 aromatic rings. The minimum absolute atomic E-state index is 0.356. The summed E-state index contributed by atoms with van der Waals surface area (Å²) in [4.78, 5) is 29.4. The number of fused-ring (bicyclic) bond motifs is 1. The maximum Gasteiger partial charge on any atom is 0.260 e. The highest BCUT2D eigenvalue weighted by Gasteiger charge is 2.27. The summed E-state index contributed by atoms with van der Waals surface area (Å²) in [5.41, 5.74) is 3.72. The van der Waals surface area contributed by atoms with E-state index in [1.165, 1.54) is 5.69 Å². The van der Waals surface area contributed by atoms with Gasteiger partial charge in [0.25, 0.3) is 11.8 Å². The lowest BCUT2D eigenvalue weighted by atomic mass is 9.95. The zero-order chi connectivity index (χ0) is 21.3. The van der Waals surface area contributed by atoms with Gasteiger partial charge < -0.3 is 10.2 Å². The van der Waals surface area contributed by atoms with E-state index in [0.717, 1.165) is 35.4 Å². The lowest BCUT2D eigenvalue weighted by Crippen LogP contribution is -2.48. The molecule has 156 valence electrons. The molecule has 4 rings (SSSR count). The molecule has 30 heavy (non-hydrogen) atoms. The standard InChI is InChI=1S/C23H25IN4O2/c1-15(2)27-9-11-28(12-10-27)18-6-4-17(5-7-18)25-14-21-20-13-16(24)3-8-19(20)22(29)26-23(21)30/h3-8,13-15,25H,9-12H2,1-2H3,(H,26,29,30)/b21-14-. The van der Waals surface area contributed by atoms with Crippen LogP contribution >= 0.6 is 22.6 Å². The number of nitrogens with one attached hydrogen (secondary N) is 2. The van der Waals surface area contributed by atoms with Crippen LogP contribution in [0.4, 0.5) is 11.4 Å². The summed E-state index contributed by atoms with van der Waals surface area (Å²) < 4.78 is 0.974. The number of carbonyl (C=O) groups excluding carboxylic acids is 2. The minimum atomic E-state index is -0.387. The highest BCUT2D eigenvalue weighted by Crippen LogP contribution is 2.27. The van der Waals surface area contributed by atoms with Crippen molar-refractivity contribution in [1.29, 1.82) is 0 Å². The molecule has 1 fully saturated rings. The van der Waals surface area contributed by atoms with Crippen LogP contribution in [-0.4, -0.2) is 48.9 Å². The highest BCUT2D eigenvalue weighted by molar-refractivity contribution is 14.1. The van der Waals surface area contributed by atoms with Gasteiger partial charge in [-0.2, -0.15) is 0 Å². The van der Waals surface area contributed by atoms with Crippen LogP contribution in [0.2, 0.25) is 0 Å². The second-order valence-electron chi connectivity index (χ2n) is 7.84. The monoisotopic (exact) mass is 516 g/mol. The molecule has 0 radical (unpaired) electrons. The van der Waals surface area contributed by atoms with Gasteiger partial charge in [0.1, 0.15) is 0 Å². The Labute approximate surface area is 190 Å². The lowest BCUT2D eigenvalue weighted by Gasteiger charge is -2.38. The largest absolute Gasteiger partial charge is 0.369 e. The van der Waals surface area contributed by atoms with Gasteiger partial charge in [0.05, 0.1) is 5.57 Å². The highest BCUT2D eigenvalue weighted by atomic mass is 127. The maximum atomic E-state index is 12.4. The van der Waals surface area contributed by atoms with Crippen molar-refractivity contribution in [2.75, 3.05) is 36.4 Å². The third-order valence-electron chi connectivity index (χ3n) is 5.65. The van der Waals surface area contributed by atoms with Crippen LogP contribution in [0.1, 0.15) is 29.8 Å². The van der Waals surface area contributed by atoms with Gasteiger partial charge in [-0.3, -0.25) is 19.8 Å². The summed E-state index contributed by atoms with van der Waals surface area (Å²) in [6.45, 7) is 8.70. The van der Waals surface area contributed by atoms with Crippen molar-refractivity contribution in [1.82, 2.24) is 10.2 Å². The molecule has 2 aliphatic heterocycles. The Bertz CT molecular complexity index is 993. The zero-order valence-electron chi connectivity index (χ0n) is 17.1. The van der Waals surface area contributed by atoms with Crippen molar-refractivity contribution in [2.24, 2.45) is 0 Å². The average Bonchev–Trinajstić information content (AvgIpc) is 2.74. The summed E-state index contributed by atoms with van der Waals surface area (Å²) in [5, 5.41) is 5.61. The molecular weight excluding hydrogens is 491 g/mol. The van der Waals surface area contributed by atoms with Gasteiger partial charge in [-0.05, 0) is 78.9 Å². The Morgan fingerprint density at radius 1 is 0.967 bits per heavy atom. The number of amides is 2. The van der Waals surface area contributed by atoms with Gasteiger partial charge in [-0.25, -0.2) is 0 Å². The molecule has 0 bridgehead atoms. The summed E-state index contributed by atoms with van der Waals surface area (Å²) in [5.74, 6) is -0.743.